The number of anilines is 1. The molecule has 176 valence electrons. The van der Waals surface area contributed by atoms with Gasteiger partial charge in [-0.25, -0.2) is 14.1 Å². The number of halogens is 2. The van der Waals surface area contributed by atoms with Crippen LogP contribution in [0.25, 0.3) is 38.8 Å². The molecule has 2 unspecified atom stereocenters. The van der Waals surface area contributed by atoms with E-state index in [9.17, 15) is 4.39 Å². The molecule has 7 rings (SSSR count). The molecule has 4 heterocycles. The molecule has 2 fully saturated rings. The van der Waals surface area contributed by atoms with Crippen molar-refractivity contribution in [2.45, 2.75) is 13.8 Å². The lowest BCUT2D eigenvalue weighted by molar-refractivity contribution is 0.629. The zero-order valence-electron chi connectivity index (χ0n) is 19.7. The number of fused-ring (bicyclic) bond motifs is 3. The van der Waals surface area contributed by atoms with Gasteiger partial charge in [-0.3, -0.25) is 4.68 Å². The van der Waals surface area contributed by atoms with Crippen LogP contribution in [-0.4, -0.2) is 37.6 Å². The molecule has 0 spiro atoms. The fraction of sp³-hybridized carbons (Fsp3) is 0.296. The number of benzene rings is 2. The molecule has 1 saturated heterocycles. The van der Waals surface area contributed by atoms with E-state index in [1.54, 1.807) is 4.68 Å². The third-order valence-corrected chi connectivity index (χ3v) is 8.39. The van der Waals surface area contributed by atoms with Crippen LogP contribution in [0.3, 0.4) is 0 Å². The summed E-state index contributed by atoms with van der Waals surface area (Å²) in [6, 6.07) is 11.5. The minimum atomic E-state index is -0.453. The number of aromatic nitrogens is 5. The Bertz CT molecular complexity index is 1620. The first-order valence-corrected chi connectivity index (χ1v) is 12.3. The number of piperidine rings is 1. The first kappa shape index (κ1) is 20.9. The fourth-order valence-corrected chi connectivity index (χ4v) is 6.00. The summed E-state index contributed by atoms with van der Waals surface area (Å²) in [5.74, 6) is 3.00. The van der Waals surface area contributed by atoms with Gasteiger partial charge < -0.3 is 4.90 Å². The summed E-state index contributed by atoms with van der Waals surface area (Å²) in [5, 5.41) is 11.3. The topological polar surface area (TPSA) is 51.8 Å². The Morgan fingerprint density at radius 3 is 2.60 bits per heavy atom. The van der Waals surface area contributed by atoms with Crippen molar-refractivity contribution >= 4 is 39.2 Å². The predicted octanol–water partition coefficient (Wildman–Crippen LogP) is 5.78. The molecule has 0 radical (unpaired) electrons. The summed E-state index contributed by atoms with van der Waals surface area (Å²) in [5.41, 5.74) is 4.69. The van der Waals surface area contributed by atoms with Crippen molar-refractivity contribution in [3.05, 3.63) is 65.2 Å². The van der Waals surface area contributed by atoms with Gasteiger partial charge in [-0.05, 0) is 54.5 Å². The molecule has 2 aromatic carbocycles. The van der Waals surface area contributed by atoms with Crippen LogP contribution in [0.15, 0.2) is 48.8 Å². The van der Waals surface area contributed by atoms with Crippen molar-refractivity contribution in [1.29, 1.82) is 0 Å². The molecular weight excluding hydrogens is 463 g/mol. The SMILES string of the molecule is Cc1c(Cl)c(F)cc2c(-c3cccc4nn(C)cc34)nn(-c3ccc(N4CC5C(C)[C@H]5C4)nc3)c12. The van der Waals surface area contributed by atoms with Crippen LogP contribution in [-0.2, 0) is 7.05 Å². The molecule has 6 nitrogen and oxygen atoms in total. The number of nitrogens with zero attached hydrogens (tertiary/aromatic N) is 6. The monoisotopic (exact) mass is 486 g/mol. The fourth-order valence-electron chi connectivity index (χ4n) is 5.86. The van der Waals surface area contributed by atoms with Crippen LogP contribution in [0, 0.1) is 30.5 Å². The van der Waals surface area contributed by atoms with E-state index < -0.39 is 5.82 Å². The summed E-state index contributed by atoms with van der Waals surface area (Å²) in [6.07, 6.45) is 3.81. The largest absolute Gasteiger partial charge is 0.356 e. The molecule has 35 heavy (non-hydrogen) atoms. The molecule has 3 aromatic heterocycles. The highest BCUT2D eigenvalue weighted by Crippen LogP contribution is 2.51. The van der Waals surface area contributed by atoms with E-state index in [1.165, 1.54) is 6.07 Å². The second-order valence-electron chi connectivity index (χ2n) is 9.96. The average Bonchev–Trinajstić information content (AvgIpc) is 3.29. The summed E-state index contributed by atoms with van der Waals surface area (Å²) < 4.78 is 18.4. The minimum absolute atomic E-state index is 0.111. The van der Waals surface area contributed by atoms with Gasteiger partial charge in [0.25, 0.3) is 0 Å². The van der Waals surface area contributed by atoms with Crippen molar-refractivity contribution < 1.29 is 4.39 Å². The zero-order chi connectivity index (χ0) is 24.0. The van der Waals surface area contributed by atoms with Crippen LogP contribution in [0.4, 0.5) is 10.2 Å². The summed E-state index contributed by atoms with van der Waals surface area (Å²) in [4.78, 5) is 7.14. The molecule has 3 atom stereocenters. The highest BCUT2D eigenvalue weighted by atomic mass is 35.5. The standard InChI is InChI=1S/C27H24ClFN6/c1-14-19-12-34(13-20(14)19)24-8-7-16(10-30-24)35-27-15(2)25(28)22(29)9-18(27)26(32-35)17-5-4-6-23-21(17)11-33(3)31-23/h4-11,14,19-20H,12-13H2,1-3H3/t14?,19-,20?/m1/s1. The van der Waals surface area contributed by atoms with Gasteiger partial charge in [0.05, 0.1) is 27.9 Å². The van der Waals surface area contributed by atoms with E-state index in [0.717, 1.165) is 64.3 Å². The van der Waals surface area contributed by atoms with Crippen LogP contribution < -0.4 is 4.90 Å². The maximum atomic E-state index is 14.8. The molecule has 8 heteroatoms. The van der Waals surface area contributed by atoms with Gasteiger partial charge in [0.1, 0.15) is 17.3 Å². The van der Waals surface area contributed by atoms with Crippen LogP contribution >= 0.6 is 11.6 Å². The van der Waals surface area contributed by atoms with Gasteiger partial charge in [0, 0.05) is 42.7 Å². The van der Waals surface area contributed by atoms with E-state index in [0.29, 0.717) is 16.6 Å². The first-order valence-electron chi connectivity index (χ1n) is 11.9. The quantitative estimate of drug-likeness (QED) is 0.324. The molecule has 0 bridgehead atoms. The van der Waals surface area contributed by atoms with Gasteiger partial charge >= 0.3 is 0 Å². The highest BCUT2D eigenvalue weighted by Gasteiger charge is 2.52. The normalized spacial score (nSPS) is 21.3. The Morgan fingerprint density at radius 1 is 1.06 bits per heavy atom. The van der Waals surface area contributed by atoms with Crippen molar-refractivity contribution in [2.24, 2.45) is 24.8 Å². The lowest BCUT2D eigenvalue weighted by atomic mass is 10.0. The zero-order valence-corrected chi connectivity index (χ0v) is 20.5. The Kier molecular flexibility index (Phi) is 4.34. The van der Waals surface area contributed by atoms with Crippen LogP contribution in [0.2, 0.25) is 5.02 Å². The number of rotatable bonds is 3. The molecular formula is C27H24ClFN6. The Morgan fingerprint density at radius 2 is 1.86 bits per heavy atom. The maximum absolute atomic E-state index is 14.8. The lowest BCUT2D eigenvalue weighted by Gasteiger charge is -2.20. The van der Waals surface area contributed by atoms with E-state index in [1.807, 2.05) is 55.3 Å². The Hall–Kier alpha value is -3.45. The highest BCUT2D eigenvalue weighted by molar-refractivity contribution is 6.32. The molecule has 5 aromatic rings. The average molecular weight is 487 g/mol. The molecule has 1 aliphatic carbocycles. The Balaban J connectivity index is 1.39. The lowest BCUT2D eigenvalue weighted by Crippen LogP contribution is -2.24. The second-order valence-corrected chi connectivity index (χ2v) is 10.3. The van der Waals surface area contributed by atoms with Crippen molar-refractivity contribution in [1.82, 2.24) is 24.5 Å². The first-order chi connectivity index (χ1) is 16.9. The predicted molar refractivity (Wildman–Crippen MR) is 137 cm³/mol. The van der Waals surface area contributed by atoms with E-state index in [4.69, 9.17) is 21.7 Å². The van der Waals surface area contributed by atoms with Crippen LogP contribution in [0.1, 0.15) is 12.5 Å². The third-order valence-electron chi connectivity index (χ3n) is 7.93. The molecule has 1 saturated carbocycles. The summed E-state index contributed by atoms with van der Waals surface area (Å²) >= 11 is 6.36. The smallest absolute Gasteiger partial charge is 0.142 e. The Labute approximate surface area is 206 Å². The van der Waals surface area contributed by atoms with E-state index in [2.05, 4.69) is 23.0 Å². The molecule has 0 amide bonds. The van der Waals surface area contributed by atoms with E-state index >= 15 is 0 Å². The van der Waals surface area contributed by atoms with E-state index in [-0.39, 0.29) is 5.02 Å². The molecule has 1 aliphatic heterocycles. The molecule has 2 aliphatic rings. The summed E-state index contributed by atoms with van der Waals surface area (Å²) in [7, 11) is 1.89. The maximum Gasteiger partial charge on any atom is 0.142 e. The minimum Gasteiger partial charge on any atom is -0.356 e. The van der Waals surface area contributed by atoms with Gasteiger partial charge in [0.15, 0.2) is 0 Å². The third kappa shape index (κ3) is 3.04. The summed E-state index contributed by atoms with van der Waals surface area (Å²) in [6.45, 7) is 6.33. The van der Waals surface area contributed by atoms with Crippen LogP contribution in [0.5, 0.6) is 0 Å². The van der Waals surface area contributed by atoms with Crippen molar-refractivity contribution in [2.75, 3.05) is 18.0 Å². The van der Waals surface area contributed by atoms with Gasteiger partial charge in [-0.1, -0.05) is 30.7 Å². The number of pyridine rings is 1. The van der Waals surface area contributed by atoms with Gasteiger partial charge in [0.2, 0.25) is 0 Å². The van der Waals surface area contributed by atoms with Crippen molar-refractivity contribution in [3.63, 3.8) is 0 Å². The number of hydrogen-bond donors (Lipinski definition) is 0. The number of aryl methyl sites for hydroxylation is 2. The second kappa shape index (κ2) is 7.28. The molecule has 0 N–H and O–H groups in total. The van der Waals surface area contributed by atoms with Gasteiger partial charge in [-0.2, -0.15) is 10.2 Å². The van der Waals surface area contributed by atoms with Gasteiger partial charge in [-0.15, -0.1) is 0 Å². The van der Waals surface area contributed by atoms with Crippen molar-refractivity contribution in [3.8, 4) is 16.9 Å². The number of hydrogen-bond acceptors (Lipinski definition) is 4.